The predicted molar refractivity (Wildman–Crippen MR) is 67.6 cm³/mol. The van der Waals surface area contributed by atoms with Gasteiger partial charge in [-0.05, 0) is 13.3 Å². The van der Waals surface area contributed by atoms with Gasteiger partial charge in [-0.25, -0.2) is 4.98 Å². The molecule has 1 aromatic heterocycles. The summed E-state index contributed by atoms with van der Waals surface area (Å²) in [4.78, 5) is 11.1. The zero-order chi connectivity index (χ0) is 12.1. The smallest absolute Gasteiger partial charge is 0.228 e. The Labute approximate surface area is 102 Å². The highest BCUT2D eigenvalue weighted by Crippen LogP contribution is 2.16. The lowest BCUT2D eigenvalue weighted by atomic mass is 10.4. The summed E-state index contributed by atoms with van der Waals surface area (Å²) in [6.45, 7) is 8.66. The molecule has 0 aromatic carbocycles. The average molecular weight is 236 g/mol. The van der Waals surface area contributed by atoms with E-state index in [1.54, 1.807) is 0 Å². The van der Waals surface area contributed by atoms with E-state index in [4.69, 9.17) is 4.74 Å². The fourth-order valence-electron chi connectivity index (χ4n) is 1.81. The van der Waals surface area contributed by atoms with Crippen molar-refractivity contribution in [3.05, 3.63) is 11.8 Å². The van der Waals surface area contributed by atoms with Gasteiger partial charge in [-0.3, -0.25) is 0 Å². The molecule has 1 saturated heterocycles. The molecule has 2 rings (SSSR count). The van der Waals surface area contributed by atoms with Crippen LogP contribution in [0.5, 0.6) is 5.88 Å². The number of ether oxygens (including phenoxy) is 1. The van der Waals surface area contributed by atoms with Gasteiger partial charge in [0, 0.05) is 37.9 Å². The number of nitrogens with zero attached hydrogens (tertiary/aromatic N) is 3. The molecule has 0 aliphatic carbocycles. The lowest BCUT2D eigenvalue weighted by Gasteiger charge is -2.27. The van der Waals surface area contributed by atoms with Crippen LogP contribution >= 0.6 is 0 Å². The Morgan fingerprint density at radius 2 is 2.12 bits per heavy atom. The summed E-state index contributed by atoms with van der Waals surface area (Å²) < 4.78 is 5.57. The summed E-state index contributed by atoms with van der Waals surface area (Å²) in [6.07, 6.45) is 0.992. The van der Waals surface area contributed by atoms with E-state index < -0.39 is 0 Å². The maximum atomic E-state index is 5.57. The molecular weight excluding hydrogens is 216 g/mol. The van der Waals surface area contributed by atoms with Crippen molar-refractivity contribution in [2.45, 2.75) is 20.3 Å². The quantitative estimate of drug-likeness (QED) is 0.844. The van der Waals surface area contributed by atoms with Gasteiger partial charge in [0.2, 0.25) is 11.8 Å². The second kappa shape index (κ2) is 5.82. The van der Waals surface area contributed by atoms with Crippen molar-refractivity contribution >= 4 is 5.95 Å². The first kappa shape index (κ1) is 12.1. The van der Waals surface area contributed by atoms with Crippen LogP contribution < -0.4 is 15.0 Å². The molecule has 1 aliphatic rings. The molecule has 5 heteroatoms. The predicted octanol–water partition coefficient (Wildman–Crippen LogP) is 0.983. The van der Waals surface area contributed by atoms with Gasteiger partial charge in [-0.2, -0.15) is 4.98 Å². The van der Waals surface area contributed by atoms with Gasteiger partial charge >= 0.3 is 0 Å². The minimum Gasteiger partial charge on any atom is -0.478 e. The highest BCUT2D eigenvalue weighted by molar-refractivity contribution is 5.34. The molecule has 5 nitrogen and oxygen atoms in total. The molecular formula is C12H20N4O. The van der Waals surface area contributed by atoms with Crippen LogP contribution in [0.25, 0.3) is 0 Å². The Hall–Kier alpha value is -1.36. The number of aromatic nitrogens is 2. The van der Waals surface area contributed by atoms with Crippen LogP contribution in [0.2, 0.25) is 0 Å². The lowest BCUT2D eigenvalue weighted by Crippen LogP contribution is -2.44. The first-order chi connectivity index (χ1) is 8.29. The van der Waals surface area contributed by atoms with E-state index in [-0.39, 0.29) is 0 Å². The Balaban J connectivity index is 2.12. The second-order valence-electron chi connectivity index (χ2n) is 4.23. The average Bonchev–Trinajstić information content (AvgIpc) is 2.37. The first-order valence-electron chi connectivity index (χ1n) is 6.23. The van der Waals surface area contributed by atoms with E-state index in [0.29, 0.717) is 12.5 Å². The lowest BCUT2D eigenvalue weighted by molar-refractivity contribution is 0.304. The molecule has 0 unspecified atom stereocenters. The molecule has 94 valence electrons. The molecule has 1 fully saturated rings. The Kier molecular flexibility index (Phi) is 4.14. The minimum atomic E-state index is 0.688. The molecule has 0 spiro atoms. The van der Waals surface area contributed by atoms with Crippen LogP contribution in [-0.2, 0) is 0 Å². The number of piperazine rings is 1. The zero-order valence-corrected chi connectivity index (χ0v) is 10.6. The highest BCUT2D eigenvalue weighted by atomic mass is 16.5. The van der Waals surface area contributed by atoms with Gasteiger partial charge < -0.3 is 15.0 Å². The van der Waals surface area contributed by atoms with E-state index in [9.17, 15) is 0 Å². The number of hydrogen-bond acceptors (Lipinski definition) is 5. The van der Waals surface area contributed by atoms with Gasteiger partial charge in [0.05, 0.1) is 6.61 Å². The number of rotatable bonds is 4. The first-order valence-corrected chi connectivity index (χ1v) is 6.23. The van der Waals surface area contributed by atoms with Gasteiger partial charge in [-0.15, -0.1) is 0 Å². The molecule has 0 radical (unpaired) electrons. The number of anilines is 1. The molecule has 17 heavy (non-hydrogen) atoms. The number of aryl methyl sites for hydroxylation is 1. The van der Waals surface area contributed by atoms with Crippen molar-refractivity contribution in [3.63, 3.8) is 0 Å². The standard InChI is InChI=1S/C12H20N4O/c1-3-8-17-11-9-10(2)14-12(15-11)16-6-4-13-5-7-16/h9,13H,3-8H2,1-2H3. The topological polar surface area (TPSA) is 50.3 Å². The van der Waals surface area contributed by atoms with Crippen molar-refractivity contribution in [3.8, 4) is 5.88 Å². The fourth-order valence-corrected chi connectivity index (χ4v) is 1.81. The molecule has 0 atom stereocenters. The van der Waals surface area contributed by atoms with Crippen LogP contribution in [-0.4, -0.2) is 42.8 Å². The number of hydrogen-bond donors (Lipinski definition) is 1. The zero-order valence-electron chi connectivity index (χ0n) is 10.6. The fraction of sp³-hybridized carbons (Fsp3) is 0.667. The van der Waals surface area contributed by atoms with E-state index >= 15 is 0 Å². The van der Waals surface area contributed by atoms with Crippen molar-refractivity contribution in [1.82, 2.24) is 15.3 Å². The van der Waals surface area contributed by atoms with E-state index in [2.05, 4.69) is 27.1 Å². The molecule has 2 heterocycles. The Bertz CT molecular complexity index is 364. The van der Waals surface area contributed by atoms with E-state index in [1.807, 2.05) is 13.0 Å². The SMILES string of the molecule is CCCOc1cc(C)nc(N2CCNCC2)n1. The van der Waals surface area contributed by atoms with E-state index in [0.717, 1.165) is 44.2 Å². The van der Waals surface area contributed by atoms with Crippen molar-refractivity contribution in [2.24, 2.45) is 0 Å². The van der Waals surface area contributed by atoms with E-state index in [1.165, 1.54) is 0 Å². The number of nitrogens with one attached hydrogen (secondary N) is 1. The van der Waals surface area contributed by atoms with Crippen LogP contribution in [0.15, 0.2) is 6.07 Å². The molecule has 1 aromatic rings. The summed E-state index contributed by atoms with van der Waals surface area (Å²) in [5.41, 5.74) is 0.958. The van der Waals surface area contributed by atoms with Gasteiger partial charge in [0.25, 0.3) is 0 Å². The highest BCUT2D eigenvalue weighted by Gasteiger charge is 2.14. The maximum Gasteiger partial charge on any atom is 0.228 e. The van der Waals surface area contributed by atoms with Crippen molar-refractivity contribution in [1.29, 1.82) is 0 Å². The Morgan fingerprint density at radius 1 is 1.35 bits per heavy atom. The monoisotopic (exact) mass is 236 g/mol. The molecule has 0 saturated carbocycles. The van der Waals surface area contributed by atoms with Gasteiger partial charge in [0.15, 0.2) is 0 Å². The van der Waals surface area contributed by atoms with Crippen LogP contribution in [0.4, 0.5) is 5.95 Å². The third kappa shape index (κ3) is 3.30. The van der Waals surface area contributed by atoms with Crippen LogP contribution in [0, 0.1) is 6.92 Å². The molecule has 0 bridgehead atoms. The third-order valence-electron chi connectivity index (χ3n) is 2.67. The summed E-state index contributed by atoms with van der Waals surface area (Å²) in [7, 11) is 0. The summed E-state index contributed by atoms with van der Waals surface area (Å²) in [5, 5.41) is 3.32. The minimum absolute atomic E-state index is 0.688. The molecule has 1 N–H and O–H groups in total. The summed E-state index contributed by atoms with van der Waals surface area (Å²) >= 11 is 0. The summed E-state index contributed by atoms with van der Waals surface area (Å²) in [5.74, 6) is 1.48. The maximum absolute atomic E-state index is 5.57. The van der Waals surface area contributed by atoms with Crippen molar-refractivity contribution < 1.29 is 4.74 Å². The summed E-state index contributed by atoms with van der Waals surface area (Å²) in [6, 6.07) is 1.89. The third-order valence-corrected chi connectivity index (χ3v) is 2.67. The Morgan fingerprint density at radius 3 is 2.82 bits per heavy atom. The van der Waals surface area contributed by atoms with Crippen LogP contribution in [0.3, 0.4) is 0 Å². The second-order valence-corrected chi connectivity index (χ2v) is 4.23. The van der Waals surface area contributed by atoms with Crippen molar-refractivity contribution in [2.75, 3.05) is 37.7 Å². The van der Waals surface area contributed by atoms with Gasteiger partial charge in [-0.1, -0.05) is 6.92 Å². The van der Waals surface area contributed by atoms with Gasteiger partial charge in [0.1, 0.15) is 0 Å². The molecule has 0 amide bonds. The normalized spacial score (nSPS) is 16.0. The molecule has 1 aliphatic heterocycles. The van der Waals surface area contributed by atoms with Crippen LogP contribution in [0.1, 0.15) is 19.0 Å². The largest absolute Gasteiger partial charge is 0.478 e.